The molecule has 5 atom stereocenters. The van der Waals surface area contributed by atoms with Crippen LogP contribution in [0.15, 0.2) is 39.9 Å². The summed E-state index contributed by atoms with van der Waals surface area (Å²) in [6.07, 6.45) is 6.34. The van der Waals surface area contributed by atoms with Crippen molar-refractivity contribution in [2.75, 3.05) is 17.2 Å². The molecule has 2 saturated carbocycles. The highest BCUT2D eigenvalue weighted by Gasteiger charge is 2.62. The first-order valence-electron chi connectivity index (χ1n) is 19.5. The van der Waals surface area contributed by atoms with Crippen LogP contribution >= 0.6 is 0 Å². The fourth-order valence-electron chi connectivity index (χ4n) is 7.82. The van der Waals surface area contributed by atoms with E-state index in [0.717, 1.165) is 6.42 Å². The van der Waals surface area contributed by atoms with E-state index in [-0.39, 0.29) is 50.3 Å². The standard InChI is InChI=1S/C39H49FN6O9S/c1-4-38(2,3)42-31-30(32(47)33(31)48)41-28-14-9-7-5-6-8-12-23-18-39(23,36(51)44-56(53,54)25-15-16-25)43-34(49)29-17-24(20-46(29)35(28)50)55-37(52)45-19-22-11-10-13-27(40)26(22)21-45/h8,10-13,23-25,28-29,41-42H,4-7,9,14-21H2,1-3H3,(H,43,49)(H,44,51)/b12-8-/t23-,24-,28+,29+,39-/m1/s1. The fourth-order valence-corrected chi connectivity index (χ4v) is 9.19. The molecule has 3 aliphatic heterocycles. The third-order valence-electron chi connectivity index (χ3n) is 11.9. The number of nitrogens with zero attached hydrogens (tertiary/aromatic N) is 2. The maximum absolute atomic E-state index is 14.7. The molecule has 0 aromatic heterocycles. The molecule has 0 spiro atoms. The van der Waals surface area contributed by atoms with Crippen molar-refractivity contribution in [3.63, 3.8) is 0 Å². The number of ether oxygens (including phenoxy) is 1. The zero-order chi connectivity index (χ0) is 40.2. The molecule has 56 heavy (non-hydrogen) atoms. The Morgan fingerprint density at radius 3 is 2.50 bits per heavy atom. The van der Waals surface area contributed by atoms with Crippen molar-refractivity contribution in [3.8, 4) is 0 Å². The van der Waals surface area contributed by atoms with Gasteiger partial charge in [-0.3, -0.25) is 33.6 Å². The number of nitrogens with one attached hydrogen (secondary N) is 4. The number of hydrogen-bond acceptors (Lipinski definition) is 11. The number of hydrogen-bond donors (Lipinski definition) is 4. The summed E-state index contributed by atoms with van der Waals surface area (Å²) in [4.78, 5) is 84.4. The quantitative estimate of drug-likeness (QED) is 0.215. The van der Waals surface area contributed by atoms with E-state index >= 15 is 0 Å². The van der Waals surface area contributed by atoms with Crippen molar-refractivity contribution >= 4 is 45.2 Å². The van der Waals surface area contributed by atoms with Crippen LogP contribution < -0.4 is 31.5 Å². The van der Waals surface area contributed by atoms with Crippen molar-refractivity contribution in [2.45, 2.75) is 133 Å². The monoisotopic (exact) mass is 796 g/mol. The minimum atomic E-state index is -3.95. The normalized spacial score (nSPS) is 27.6. The maximum atomic E-state index is 14.7. The first-order chi connectivity index (χ1) is 26.5. The van der Waals surface area contributed by atoms with E-state index < -0.39 is 90.9 Å². The molecule has 4 amide bonds. The van der Waals surface area contributed by atoms with Crippen molar-refractivity contribution in [2.24, 2.45) is 5.92 Å². The van der Waals surface area contributed by atoms with Gasteiger partial charge in [0.25, 0.3) is 16.8 Å². The maximum Gasteiger partial charge on any atom is 0.410 e. The lowest BCUT2D eigenvalue weighted by molar-refractivity contribution is -0.140. The van der Waals surface area contributed by atoms with Crippen molar-refractivity contribution < 1.29 is 36.7 Å². The van der Waals surface area contributed by atoms with Gasteiger partial charge in [0.05, 0.1) is 18.3 Å². The molecule has 0 unspecified atom stereocenters. The van der Waals surface area contributed by atoms with Gasteiger partial charge in [0.15, 0.2) is 0 Å². The van der Waals surface area contributed by atoms with Crippen LogP contribution in [-0.4, -0.2) is 83.1 Å². The van der Waals surface area contributed by atoms with E-state index in [1.54, 1.807) is 12.1 Å². The molecule has 3 fully saturated rings. The summed E-state index contributed by atoms with van der Waals surface area (Å²) in [6.45, 7) is 5.56. The molecule has 0 radical (unpaired) electrons. The number of rotatable bonds is 9. The van der Waals surface area contributed by atoms with E-state index in [9.17, 15) is 41.6 Å². The summed E-state index contributed by atoms with van der Waals surface area (Å²) in [7, 11) is -3.95. The van der Waals surface area contributed by atoms with Crippen LogP contribution in [0.25, 0.3) is 0 Å². The average molecular weight is 797 g/mol. The third-order valence-corrected chi connectivity index (χ3v) is 13.7. The Morgan fingerprint density at radius 2 is 1.79 bits per heavy atom. The number of allylic oxidation sites excluding steroid dienone is 1. The zero-order valence-corrected chi connectivity index (χ0v) is 32.6. The summed E-state index contributed by atoms with van der Waals surface area (Å²) in [6, 6.07) is 2.27. The molecule has 2 aromatic rings. The Bertz CT molecular complexity index is 2150. The van der Waals surface area contributed by atoms with Crippen LogP contribution in [-0.2, 0) is 42.2 Å². The molecule has 302 valence electrons. The lowest BCUT2D eigenvalue weighted by Crippen LogP contribution is -2.57. The number of sulfonamides is 1. The van der Waals surface area contributed by atoms with Gasteiger partial charge < -0.3 is 25.6 Å². The Labute approximate surface area is 324 Å². The fraction of sp³-hybridized carbons (Fsp3) is 0.590. The SMILES string of the molecule is CCC(C)(C)Nc1c(N[C@H]2CCCCC/C=C\[C@@H]3C[C@@]3(C(=O)NS(=O)(=O)C3CC3)NC(=O)[C@@H]3C[C@@H](OC(=O)N4Cc5cccc(F)c5C4)CN3C2=O)c(=O)c1=O. The molecule has 17 heteroatoms. The van der Waals surface area contributed by atoms with Gasteiger partial charge in [-0.25, -0.2) is 17.6 Å². The van der Waals surface area contributed by atoms with Gasteiger partial charge in [-0.1, -0.05) is 44.1 Å². The molecule has 3 heterocycles. The van der Waals surface area contributed by atoms with Gasteiger partial charge in [-0.05, 0) is 70.4 Å². The Morgan fingerprint density at radius 1 is 1.04 bits per heavy atom. The van der Waals surface area contributed by atoms with Gasteiger partial charge >= 0.3 is 6.09 Å². The van der Waals surface area contributed by atoms with E-state index in [2.05, 4.69) is 20.7 Å². The molecule has 5 aliphatic rings. The van der Waals surface area contributed by atoms with Gasteiger partial charge in [0, 0.05) is 30.0 Å². The van der Waals surface area contributed by atoms with E-state index in [1.165, 1.54) is 15.9 Å². The number of benzene rings is 1. The summed E-state index contributed by atoms with van der Waals surface area (Å²) < 4.78 is 48.2. The van der Waals surface area contributed by atoms with Crippen LogP contribution in [0.3, 0.4) is 0 Å². The number of amides is 4. The Kier molecular flexibility index (Phi) is 10.5. The Balaban J connectivity index is 1.17. The molecule has 4 N–H and O–H groups in total. The van der Waals surface area contributed by atoms with Crippen LogP contribution in [0, 0.1) is 11.7 Å². The summed E-state index contributed by atoms with van der Waals surface area (Å²) in [5, 5.41) is 8.27. The molecule has 7 rings (SSSR count). The van der Waals surface area contributed by atoms with E-state index in [4.69, 9.17) is 4.74 Å². The van der Waals surface area contributed by atoms with Crippen LogP contribution in [0.2, 0.25) is 0 Å². The van der Waals surface area contributed by atoms with Gasteiger partial charge in [-0.15, -0.1) is 0 Å². The molecule has 0 bridgehead atoms. The van der Waals surface area contributed by atoms with Crippen LogP contribution in [0.4, 0.5) is 20.6 Å². The second kappa shape index (κ2) is 14.9. The van der Waals surface area contributed by atoms with E-state index in [1.807, 2.05) is 32.9 Å². The molecule has 15 nitrogen and oxygen atoms in total. The second-order valence-corrected chi connectivity index (χ2v) is 18.4. The number of anilines is 2. The topological polar surface area (TPSA) is 200 Å². The predicted octanol–water partition coefficient (Wildman–Crippen LogP) is 2.93. The summed E-state index contributed by atoms with van der Waals surface area (Å²) in [5.41, 5.74) is -2.52. The summed E-state index contributed by atoms with van der Waals surface area (Å²) in [5.74, 6) is -3.12. The van der Waals surface area contributed by atoms with E-state index in [0.29, 0.717) is 49.7 Å². The molecule has 2 aromatic carbocycles. The number of carbonyl (C=O) groups is 4. The molecule has 1 saturated heterocycles. The highest BCUT2D eigenvalue weighted by molar-refractivity contribution is 7.91. The van der Waals surface area contributed by atoms with Crippen LogP contribution in [0.1, 0.15) is 96.1 Å². The first kappa shape index (κ1) is 39.4. The van der Waals surface area contributed by atoms with Gasteiger partial charge in [-0.2, -0.15) is 0 Å². The minimum Gasteiger partial charge on any atom is -0.444 e. The lowest BCUT2D eigenvalue weighted by Gasteiger charge is -2.32. The highest BCUT2D eigenvalue weighted by Crippen LogP contribution is 2.46. The third kappa shape index (κ3) is 7.78. The average Bonchev–Trinajstić information content (AvgIpc) is 4.04. The predicted molar refractivity (Wildman–Crippen MR) is 204 cm³/mol. The number of fused-ring (bicyclic) bond motifs is 3. The van der Waals surface area contributed by atoms with Gasteiger partial charge in [0.1, 0.15) is 40.9 Å². The molecular formula is C39H49FN6O9S. The second-order valence-electron chi connectivity index (χ2n) is 16.5. The Hall–Kier alpha value is -4.80. The van der Waals surface area contributed by atoms with Gasteiger partial charge in [0.2, 0.25) is 21.8 Å². The smallest absolute Gasteiger partial charge is 0.410 e. The molecule has 2 aliphatic carbocycles. The number of carbonyl (C=O) groups excluding carboxylic acids is 4. The van der Waals surface area contributed by atoms with Crippen molar-refractivity contribution in [3.05, 3.63) is 67.7 Å². The van der Waals surface area contributed by atoms with Crippen molar-refractivity contribution in [1.82, 2.24) is 19.8 Å². The minimum absolute atomic E-state index is 0.0184. The number of halogens is 1. The lowest BCUT2D eigenvalue weighted by atomic mass is 9.99. The molecular weight excluding hydrogens is 748 g/mol. The zero-order valence-electron chi connectivity index (χ0n) is 31.8. The highest BCUT2D eigenvalue weighted by atomic mass is 32.2. The van der Waals surface area contributed by atoms with Crippen LogP contribution in [0.5, 0.6) is 0 Å². The first-order valence-corrected chi connectivity index (χ1v) is 21.0. The summed E-state index contributed by atoms with van der Waals surface area (Å²) >= 11 is 0. The largest absolute Gasteiger partial charge is 0.444 e. The van der Waals surface area contributed by atoms with Crippen molar-refractivity contribution in [1.29, 1.82) is 0 Å².